The third-order valence-electron chi connectivity index (χ3n) is 5.84. The molecule has 1 aliphatic heterocycles. The maximum atomic E-state index is 12.8. The van der Waals surface area contributed by atoms with Crippen LogP contribution in [-0.4, -0.2) is 57.6 Å². The Morgan fingerprint density at radius 1 is 1.13 bits per heavy atom. The minimum Gasteiger partial charge on any atom is -0.511 e. The smallest absolute Gasteiger partial charge is 0.261 e. The number of carbonyl (C=O) groups is 3. The highest BCUT2D eigenvalue weighted by molar-refractivity contribution is 6.23. The van der Waals surface area contributed by atoms with Gasteiger partial charge in [-0.2, -0.15) is 0 Å². The highest BCUT2D eigenvalue weighted by atomic mass is 16.3. The molecule has 0 bridgehead atoms. The Bertz CT molecular complexity index is 921. The van der Waals surface area contributed by atoms with E-state index in [4.69, 9.17) is 0 Å². The van der Waals surface area contributed by atoms with Gasteiger partial charge in [0.2, 0.25) is 0 Å². The summed E-state index contributed by atoms with van der Waals surface area (Å²) in [7, 11) is 0. The van der Waals surface area contributed by atoms with Gasteiger partial charge in [-0.1, -0.05) is 32.9 Å². The van der Waals surface area contributed by atoms with Gasteiger partial charge >= 0.3 is 0 Å². The summed E-state index contributed by atoms with van der Waals surface area (Å²) < 4.78 is 0. The summed E-state index contributed by atoms with van der Waals surface area (Å²) in [5.41, 5.74) is 1.15. The molecule has 2 N–H and O–H groups in total. The summed E-state index contributed by atoms with van der Waals surface area (Å²) in [6, 6.07) is 6.35. The number of Topliss-reactive ketones (excluding diaryl/α,β-unsaturated/α-hetero) is 1. The van der Waals surface area contributed by atoms with Crippen LogP contribution in [0.2, 0.25) is 0 Å². The monoisotopic (exact) mass is 426 g/mol. The molecule has 2 amide bonds. The van der Waals surface area contributed by atoms with E-state index in [0.717, 1.165) is 0 Å². The van der Waals surface area contributed by atoms with E-state index in [2.05, 4.69) is 4.99 Å². The van der Waals surface area contributed by atoms with E-state index in [1.54, 1.807) is 24.3 Å². The zero-order chi connectivity index (χ0) is 22.8. The first-order chi connectivity index (χ1) is 14.7. The van der Waals surface area contributed by atoms with E-state index in [-0.39, 0.29) is 53.5 Å². The number of aliphatic imine (C=N–C) groups is 1. The predicted octanol–water partition coefficient (Wildman–Crippen LogP) is 3.48. The zero-order valence-corrected chi connectivity index (χ0v) is 18.4. The van der Waals surface area contributed by atoms with E-state index in [9.17, 15) is 24.6 Å². The Kier molecular flexibility index (Phi) is 6.74. The minimum absolute atomic E-state index is 0.0218. The number of rotatable bonds is 8. The fraction of sp³-hybridized carbons (Fsp3) is 0.500. The number of imide groups is 1. The van der Waals surface area contributed by atoms with E-state index in [0.29, 0.717) is 48.9 Å². The van der Waals surface area contributed by atoms with Gasteiger partial charge in [-0.25, -0.2) is 0 Å². The van der Waals surface area contributed by atoms with Gasteiger partial charge in [0.25, 0.3) is 11.8 Å². The molecular weight excluding hydrogens is 396 g/mol. The fourth-order valence-electron chi connectivity index (χ4n) is 4.20. The van der Waals surface area contributed by atoms with Gasteiger partial charge in [-0.15, -0.1) is 0 Å². The lowest BCUT2D eigenvalue weighted by Crippen LogP contribution is -2.32. The largest absolute Gasteiger partial charge is 0.511 e. The normalized spacial score (nSPS) is 19.8. The highest BCUT2D eigenvalue weighted by Gasteiger charge is 2.37. The molecule has 1 aromatic carbocycles. The summed E-state index contributed by atoms with van der Waals surface area (Å²) in [5, 5.41) is 20.2. The van der Waals surface area contributed by atoms with Crippen LogP contribution < -0.4 is 0 Å². The Labute approximate surface area is 182 Å². The molecule has 0 radical (unpaired) electrons. The molecule has 1 heterocycles. The molecule has 0 spiro atoms. The van der Waals surface area contributed by atoms with Crippen LogP contribution in [0, 0.1) is 5.41 Å². The second kappa shape index (κ2) is 9.14. The van der Waals surface area contributed by atoms with Crippen LogP contribution in [0.1, 0.15) is 73.6 Å². The summed E-state index contributed by atoms with van der Waals surface area (Å²) in [4.78, 5) is 43.7. The summed E-state index contributed by atoms with van der Waals surface area (Å²) in [6.07, 6.45) is 1.99. The maximum Gasteiger partial charge on any atom is 0.261 e. The van der Waals surface area contributed by atoms with Crippen molar-refractivity contribution < 1.29 is 24.6 Å². The third-order valence-corrected chi connectivity index (χ3v) is 5.84. The van der Waals surface area contributed by atoms with Gasteiger partial charge in [0.15, 0.2) is 5.78 Å². The first kappa shape index (κ1) is 22.9. The van der Waals surface area contributed by atoms with Gasteiger partial charge in [0.05, 0.1) is 29.3 Å². The summed E-state index contributed by atoms with van der Waals surface area (Å²) >= 11 is 0. The Hall–Kier alpha value is -2.80. The lowest BCUT2D eigenvalue weighted by molar-refractivity contribution is -0.118. The van der Waals surface area contributed by atoms with Crippen LogP contribution in [0.3, 0.4) is 0 Å². The number of fused-ring (bicyclic) bond motifs is 1. The van der Waals surface area contributed by atoms with Crippen LogP contribution >= 0.6 is 0 Å². The number of amides is 2. The molecule has 1 unspecified atom stereocenters. The number of ketones is 1. The first-order valence-electron chi connectivity index (χ1n) is 10.8. The second-order valence-corrected chi connectivity index (χ2v) is 8.99. The Balaban J connectivity index is 1.79. The van der Waals surface area contributed by atoms with Crippen molar-refractivity contribution in [1.29, 1.82) is 0 Å². The maximum absolute atomic E-state index is 12.8. The molecule has 0 fully saturated rings. The first-order valence-corrected chi connectivity index (χ1v) is 10.8. The highest BCUT2D eigenvalue weighted by Crippen LogP contribution is 2.37. The molecule has 2 aliphatic rings. The van der Waals surface area contributed by atoms with E-state index in [1.807, 2.05) is 20.8 Å². The molecule has 1 aromatic rings. The van der Waals surface area contributed by atoms with Crippen molar-refractivity contribution >= 4 is 23.3 Å². The number of benzene rings is 1. The fourth-order valence-corrected chi connectivity index (χ4v) is 4.20. The summed E-state index contributed by atoms with van der Waals surface area (Å²) in [6.45, 7) is 5.78. The standard InChI is InChI=1S/C24H30N2O5/c1-4-15(14-27)25-18(21-19(28)12-24(2,3)13-20(21)29)10-7-11-26-22(30)16-8-5-6-9-17(16)23(26)31/h5-6,8-9,15,27-28H,4,7,10-14H2,1-3H3. The van der Waals surface area contributed by atoms with Crippen LogP contribution in [0.25, 0.3) is 0 Å². The topological polar surface area (TPSA) is 107 Å². The zero-order valence-electron chi connectivity index (χ0n) is 18.4. The quantitative estimate of drug-likeness (QED) is 0.489. The number of carbonyl (C=O) groups excluding carboxylic acids is 3. The number of nitrogens with zero attached hydrogens (tertiary/aromatic N) is 2. The van der Waals surface area contributed by atoms with Crippen molar-refractivity contribution in [1.82, 2.24) is 4.90 Å². The van der Waals surface area contributed by atoms with Crippen LogP contribution in [0.4, 0.5) is 0 Å². The number of hydrogen-bond donors (Lipinski definition) is 2. The molecule has 1 aliphatic carbocycles. The SMILES string of the molecule is CCC(CO)N=C(CCCN1C(=O)c2ccccc2C1=O)C1=C(O)CC(C)(C)CC1=O. The van der Waals surface area contributed by atoms with Crippen molar-refractivity contribution in [3.8, 4) is 0 Å². The minimum atomic E-state index is -0.377. The lowest BCUT2D eigenvalue weighted by atomic mass is 9.75. The van der Waals surface area contributed by atoms with Crippen molar-refractivity contribution in [3.05, 3.63) is 46.7 Å². The Morgan fingerprint density at radius 3 is 2.26 bits per heavy atom. The molecular formula is C24H30N2O5. The van der Waals surface area contributed by atoms with Crippen molar-refractivity contribution in [2.45, 2.75) is 58.9 Å². The molecule has 3 rings (SSSR count). The van der Waals surface area contributed by atoms with E-state index in [1.165, 1.54) is 4.90 Å². The van der Waals surface area contributed by atoms with Crippen molar-refractivity contribution in [3.63, 3.8) is 0 Å². The van der Waals surface area contributed by atoms with Gasteiger partial charge in [0, 0.05) is 25.1 Å². The van der Waals surface area contributed by atoms with E-state index >= 15 is 0 Å². The van der Waals surface area contributed by atoms with Crippen LogP contribution in [-0.2, 0) is 4.79 Å². The Morgan fingerprint density at radius 2 is 1.74 bits per heavy atom. The van der Waals surface area contributed by atoms with Crippen molar-refractivity contribution in [2.24, 2.45) is 10.4 Å². The third kappa shape index (κ3) is 4.77. The van der Waals surface area contributed by atoms with Crippen LogP contribution in [0.15, 0.2) is 40.6 Å². The van der Waals surface area contributed by atoms with Crippen LogP contribution in [0.5, 0.6) is 0 Å². The molecule has 0 aromatic heterocycles. The number of hydrogen-bond acceptors (Lipinski definition) is 6. The summed E-state index contributed by atoms with van der Waals surface area (Å²) in [5.74, 6) is -0.786. The predicted molar refractivity (Wildman–Crippen MR) is 117 cm³/mol. The lowest BCUT2D eigenvalue weighted by Gasteiger charge is -2.30. The molecule has 166 valence electrons. The number of aliphatic hydroxyl groups is 2. The molecule has 7 nitrogen and oxygen atoms in total. The van der Waals surface area contributed by atoms with Gasteiger partial charge in [-0.05, 0) is 36.8 Å². The van der Waals surface area contributed by atoms with Gasteiger partial charge in [0.1, 0.15) is 5.76 Å². The second-order valence-electron chi connectivity index (χ2n) is 8.99. The molecule has 1 atom stereocenters. The number of aliphatic hydroxyl groups excluding tert-OH is 2. The van der Waals surface area contributed by atoms with E-state index < -0.39 is 0 Å². The molecule has 31 heavy (non-hydrogen) atoms. The van der Waals surface area contributed by atoms with Crippen molar-refractivity contribution in [2.75, 3.05) is 13.2 Å². The van der Waals surface area contributed by atoms with Gasteiger partial charge < -0.3 is 10.2 Å². The molecule has 7 heteroatoms. The number of allylic oxidation sites excluding steroid dienone is 2. The average molecular weight is 427 g/mol. The molecule has 0 saturated carbocycles. The van der Waals surface area contributed by atoms with Gasteiger partial charge in [-0.3, -0.25) is 24.3 Å². The average Bonchev–Trinajstić information content (AvgIpc) is 2.95. The molecule has 0 saturated heterocycles.